The lowest BCUT2D eigenvalue weighted by molar-refractivity contribution is -0.127. The van der Waals surface area contributed by atoms with Gasteiger partial charge in [0.2, 0.25) is 11.8 Å². The van der Waals surface area contributed by atoms with Crippen molar-refractivity contribution in [1.29, 1.82) is 0 Å². The first-order valence-corrected chi connectivity index (χ1v) is 9.73. The highest BCUT2D eigenvalue weighted by Crippen LogP contribution is 2.18. The van der Waals surface area contributed by atoms with E-state index in [1.165, 1.54) is 18.2 Å². The molecule has 1 aliphatic heterocycles. The van der Waals surface area contributed by atoms with E-state index in [9.17, 15) is 14.0 Å². The van der Waals surface area contributed by atoms with Gasteiger partial charge in [-0.25, -0.2) is 4.39 Å². The van der Waals surface area contributed by atoms with Gasteiger partial charge in [-0.15, -0.1) is 0 Å². The summed E-state index contributed by atoms with van der Waals surface area (Å²) in [5.41, 5.74) is 3.70. The lowest BCUT2D eigenvalue weighted by atomic mass is 10.1. The highest BCUT2D eigenvalue weighted by atomic mass is 19.1. The Bertz CT molecular complexity index is 918. The second-order valence-electron chi connectivity index (χ2n) is 7.29. The molecule has 0 spiro atoms. The number of nitrogens with one attached hydrogen (secondary N) is 1. The van der Waals surface area contributed by atoms with E-state index in [1.807, 2.05) is 36.9 Å². The molecule has 29 heavy (non-hydrogen) atoms. The number of carbonyl (C=O) groups excluding carboxylic acids is 2. The Kier molecular flexibility index (Phi) is 6.77. The molecule has 0 radical (unpaired) electrons. The molecule has 0 bridgehead atoms. The molecule has 0 aliphatic carbocycles. The molecule has 1 fully saturated rings. The Balaban J connectivity index is 1.46. The molecular weight excluding hydrogens is 369 g/mol. The van der Waals surface area contributed by atoms with E-state index < -0.39 is 0 Å². The largest absolute Gasteiger partial charge is 0.337 e. The average molecular weight is 395 g/mol. The Labute approximate surface area is 170 Å². The minimum atomic E-state index is -0.327. The molecule has 0 saturated carbocycles. The first-order chi connectivity index (χ1) is 13.9. The van der Waals surface area contributed by atoms with Crippen molar-refractivity contribution in [1.82, 2.24) is 9.80 Å². The molecule has 3 rings (SSSR count). The molecular formula is C23H26FN3O2. The van der Waals surface area contributed by atoms with Crippen LogP contribution in [0.2, 0.25) is 0 Å². The van der Waals surface area contributed by atoms with Crippen LogP contribution in [0.1, 0.15) is 16.7 Å². The maximum absolute atomic E-state index is 13.2. The van der Waals surface area contributed by atoms with Gasteiger partial charge >= 0.3 is 0 Å². The van der Waals surface area contributed by atoms with E-state index in [-0.39, 0.29) is 17.6 Å². The van der Waals surface area contributed by atoms with Gasteiger partial charge in [0, 0.05) is 37.9 Å². The summed E-state index contributed by atoms with van der Waals surface area (Å²) in [5, 5.41) is 2.97. The summed E-state index contributed by atoms with van der Waals surface area (Å²) in [7, 11) is 0. The van der Waals surface area contributed by atoms with Gasteiger partial charge < -0.3 is 10.2 Å². The molecule has 2 amide bonds. The molecule has 1 N–H and O–H groups in total. The third kappa shape index (κ3) is 5.74. The van der Waals surface area contributed by atoms with E-state index in [0.717, 1.165) is 16.8 Å². The van der Waals surface area contributed by atoms with Crippen molar-refractivity contribution in [3.63, 3.8) is 0 Å². The maximum atomic E-state index is 13.2. The quantitative estimate of drug-likeness (QED) is 0.791. The fraction of sp³-hybridized carbons (Fsp3) is 0.304. The number of rotatable bonds is 5. The van der Waals surface area contributed by atoms with Crippen LogP contribution in [0.5, 0.6) is 0 Å². The minimum absolute atomic E-state index is 0.0514. The summed E-state index contributed by atoms with van der Waals surface area (Å²) in [4.78, 5) is 28.5. The molecule has 1 aliphatic rings. The van der Waals surface area contributed by atoms with Crippen molar-refractivity contribution in [2.45, 2.75) is 13.8 Å². The van der Waals surface area contributed by atoms with Crippen molar-refractivity contribution in [3.8, 4) is 0 Å². The SMILES string of the molecule is Cc1cccc(NC(=O)CN2CCN(C(=O)C=Cc3cccc(F)c3)CC2)c1C. The van der Waals surface area contributed by atoms with Crippen molar-refractivity contribution in [2.75, 3.05) is 38.0 Å². The zero-order valence-corrected chi connectivity index (χ0v) is 16.8. The van der Waals surface area contributed by atoms with Crippen molar-refractivity contribution in [2.24, 2.45) is 0 Å². The van der Waals surface area contributed by atoms with Crippen LogP contribution in [0.3, 0.4) is 0 Å². The zero-order chi connectivity index (χ0) is 20.8. The van der Waals surface area contributed by atoms with Crippen molar-refractivity contribution < 1.29 is 14.0 Å². The van der Waals surface area contributed by atoms with Crippen molar-refractivity contribution in [3.05, 3.63) is 71.0 Å². The van der Waals surface area contributed by atoms with Gasteiger partial charge in [-0.2, -0.15) is 0 Å². The molecule has 1 heterocycles. The van der Waals surface area contributed by atoms with E-state index in [1.54, 1.807) is 23.1 Å². The highest BCUT2D eigenvalue weighted by molar-refractivity contribution is 5.93. The smallest absolute Gasteiger partial charge is 0.246 e. The summed E-state index contributed by atoms with van der Waals surface area (Å²) < 4.78 is 13.2. The number of nitrogens with zero attached hydrogens (tertiary/aromatic N) is 2. The number of amides is 2. The Morgan fingerprint density at radius 2 is 1.79 bits per heavy atom. The number of benzene rings is 2. The fourth-order valence-corrected chi connectivity index (χ4v) is 3.29. The molecule has 0 unspecified atom stereocenters. The van der Waals surface area contributed by atoms with E-state index in [4.69, 9.17) is 0 Å². The molecule has 5 nitrogen and oxygen atoms in total. The average Bonchev–Trinajstić information content (AvgIpc) is 2.70. The predicted octanol–water partition coefficient (Wildman–Crippen LogP) is 3.24. The van der Waals surface area contributed by atoms with Crippen molar-refractivity contribution >= 4 is 23.6 Å². The monoisotopic (exact) mass is 395 g/mol. The van der Waals surface area contributed by atoms with Gasteiger partial charge in [-0.05, 0) is 54.8 Å². The standard InChI is InChI=1S/C23H26FN3O2/c1-17-5-3-8-21(18(17)2)25-22(28)16-26-11-13-27(14-12-26)23(29)10-9-19-6-4-7-20(24)15-19/h3-10,15H,11-14,16H2,1-2H3,(H,25,28). The second kappa shape index (κ2) is 9.47. The van der Waals surface area contributed by atoms with Crippen LogP contribution in [0, 0.1) is 19.7 Å². The Hall–Kier alpha value is -2.99. The Morgan fingerprint density at radius 1 is 1.07 bits per heavy atom. The first kappa shape index (κ1) is 20.7. The number of carbonyl (C=O) groups is 2. The summed E-state index contributed by atoms with van der Waals surface area (Å²) in [6.45, 7) is 6.71. The number of piperazine rings is 1. The second-order valence-corrected chi connectivity index (χ2v) is 7.29. The van der Waals surface area contributed by atoms with Gasteiger partial charge in [0.15, 0.2) is 0 Å². The summed E-state index contributed by atoms with van der Waals surface area (Å²) in [6, 6.07) is 12.0. The maximum Gasteiger partial charge on any atom is 0.246 e. The van der Waals surface area contributed by atoms with Crippen LogP contribution in [0.25, 0.3) is 6.08 Å². The minimum Gasteiger partial charge on any atom is -0.337 e. The molecule has 2 aromatic rings. The molecule has 0 atom stereocenters. The molecule has 1 saturated heterocycles. The number of hydrogen-bond donors (Lipinski definition) is 1. The third-order valence-corrected chi connectivity index (χ3v) is 5.20. The Morgan fingerprint density at radius 3 is 2.52 bits per heavy atom. The third-order valence-electron chi connectivity index (χ3n) is 5.20. The molecule has 2 aromatic carbocycles. The van der Waals surface area contributed by atoms with Gasteiger partial charge in [-0.1, -0.05) is 24.3 Å². The summed E-state index contributed by atoms with van der Waals surface area (Å²) in [5.74, 6) is -0.481. The molecule has 6 heteroatoms. The summed E-state index contributed by atoms with van der Waals surface area (Å²) in [6.07, 6.45) is 3.09. The zero-order valence-electron chi connectivity index (χ0n) is 16.8. The van der Waals surface area contributed by atoms with Crippen LogP contribution < -0.4 is 5.32 Å². The van der Waals surface area contributed by atoms with Crippen LogP contribution in [-0.2, 0) is 9.59 Å². The molecule has 0 aromatic heterocycles. The number of anilines is 1. The lowest BCUT2D eigenvalue weighted by Gasteiger charge is -2.33. The fourth-order valence-electron chi connectivity index (χ4n) is 3.29. The van der Waals surface area contributed by atoms with Crippen LogP contribution in [-0.4, -0.2) is 54.3 Å². The van der Waals surface area contributed by atoms with E-state index in [2.05, 4.69) is 5.32 Å². The van der Waals surface area contributed by atoms with Gasteiger partial charge in [0.25, 0.3) is 0 Å². The number of hydrogen-bond acceptors (Lipinski definition) is 3. The first-order valence-electron chi connectivity index (χ1n) is 9.73. The van der Waals surface area contributed by atoms with Crippen LogP contribution in [0.15, 0.2) is 48.5 Å². The van der Waals surface area contributed by atoms with Gasteiger partial charge in [-0.3, -0.25) is 14.5 Å². The van der Waals surface area contributed by atoms with E-state index >= 15 is 0 Å². The topological polar surface area (TPSA) is 52.7 Å². The normalized spacial score (nSPS) is 14.9. The van der Waals surface area contributed by atoms with E-state index in [0.29, 0.717) is 38.3 Å². The van der Waals surface area contributed by atoms with Gasteiger partial charge in [0.05, 0.1) is 6.54 Å². The predicted molar refractivity (Wildman–Crippen MR) is 113 cm³/mol. The van der Waals surface area contributed by atoms with Gasteiger partial charge in [0.1, 0.15) is 5.82 Å². The summed E-state index contributed by atoms with van der Waals surface area (Å²) >= 11 is 0. The highest BCUT2D eigenvalue weighted by Gasteiger charge is 2.21. The lowest BCUT2D eigenvalue weighted by Crippen LogP contribution is -2.50. The number of halogens is 1. The van der Waals surface area contributed by atoms with Crippen LogP contribution >= 0.6 is 0 Å². The molecule has 152 valence electrons. The number of aryl methyl sites for hydroxylation is 1. The van der Waals surface area contributed by atoms with Crippen LogP contribution in [0.4, 0.5) is 10.1 Å².